The minimum Gasteiger partial charge on any atom is -0.497 e. The van der Waals surface area contributed by atoms with Crippen LogP contribution >= 0.6 is 0 Å². The largest absolute Gasteiger partial charge is 0.497 e. The van der Waals surface area contributed by atoms with Crippen molar-refractivity contribution in [2.45, 2.75) is 13.1 Å². The van der Waals surface area contributed by atoms with Crippen molar-refractivity contribution in [1.29, 1.82) is 0 Å². The smallest absolute Gasteiger partial charge is 0.251 e. The van der Waals surface area contributed by atoms with Crippen molar-refractivity contribution in [1.82, 2.24) is 25.3 Å². The average Bonchev–Trinajstić information content (AvgIpc) is 3.15. The number of nitrogens with zero attached hydrogens (tertiary/aromatic N) is 4. The molecule has 7 heteroatoms. The zero-order valence-corrected chi connectivity index (χ0v) is 15.4. The van der Waals surface area contributed by atoms with E-state index < -0.39 is 0 Å². The van der Waals surface area contributed by atoms with Crippen LogP contribution in [0, 0.1) is 0 Å². The van der Waals surface area contributed by atoms with Crippen molar-refractivity contribution in [2.24, 2.45) is 0 Å². The Balaban J connectivity index is 1.50. The summed E-state index contributed by atoms with van der Waals surface area (Å²) in [4.78, 5) is 16.6. The van der Waals surface area contributed by atoms with E-state index in [4.69, 9.17) is 4.74 Å². The van der Waals surface area contributed by atoms with Crippen molar-refractivity contribution in [2.75, 3.05) is 7.11 Å². The van der Waals surface area contributed by atoms with Crippen LogP contribution in [0.1, 0.15) is 21.6 Å². The Morgan fingerprint density at radius 1 is 1.11 bits per heavy atom. The first-order valence-corrected chi connectivity index (χ1v) is 8.87. The predicted octanol–water partition coefficient (Wildman–Crippen LogP) is 2.81. The number of nitrogens with one attached hydrogen (secondary N) is 1. The Morgan fingerprint density at radius 3 is 2.86 bits per heavy atom. The zero-order valence-electron chi connectivity index (χ0n) is 15.4. The van der Waals surface area contributed by atoms with Gasteiger partial charge < -0.3 is 10.1 Å². The molecule has 0 saturated heterocycles. The van der Waals surface area contributed by atoms with Crippen LogP contribution in [0.2, 0.25) is 0 Å². The van der Waals surface area contributed by atoms with Gasteiger partial charge in [0.25, 0.3) is 5.91 Å². The lowest BCUT2D eigenvalue weighted by Gasteiger charge is -2.06. The number of carbonyl (C=O) groups is 1. The lowest BCUT2D eigenvalue weighted by molar-refractivity contribution is 0.0950. The van der Waals surface area contributed by atoms with Crippen LogP contribution in [0.5, 0.6) is 5.75 Å². The summed E-state index contributed by atoms with van der Waals surface area (Å²) in [6.45, 7) is 0.944. The van der Waals surface area contributed by atoms with Crippen LogP contribution in [0.4, 0.5) is 0 Å². The third-order valence-corrected chi connectivity index (χ3v) is 4.40. The Hall–Kier alpha value is -3.74. The van der Waals surface area contributed by atoms with Gasteiger partial charge in [-0.05, 0) is 48.0 Å². The monoisotopic (exact) mass is 373 g/mol. The van der Waals surface area contributed by atoms with Crippen molar-refractivity contribution in [3.8, 4) is 5.75 Å². The highest BCUT2D eigenvalue weighted by atomic mass is 16.5. The average molecular weight is 373 g/mol. The van der Waals surface area contributed by atoms with E-state index in [1.54, 1.807) is 30.1 Å². The Bertz CT molecular complexity index is 1110. The van der Waals surface area contributed by atoms with E-state index in [0.29, 0.717) is 24.2 Å². The third-order valence-electron chi connectivity index (χ3n) is 4.40. The van der Waals surface area contributed by atoms with E-state index >= 15 is 0 Å². The number of hydrogen-bond acceptors (Lipinski definition) is 5. The first-order chi connectivity index (χ1) is 13.7. The molecule has 0 fully saturated rings. The molecule has 0 radical (unpaired) electrons. The molecule has 1 N–H and O–H groups in total. The second-order valence-electron chi connectivity index (χ2n) is 6.31. The van der Waals surface area contributed by atoms with Crippen LogP contribution in [-0.2, 0) is 13.1 Å². The molecule has 4 rings (SSSR count). The van der Waals surface area contributed by atoms with E-state index in [0.717, 1.165) is 22.5 Å². The van der Waals surface area contributed by atoms with Crippen molar-refractivity contribution in [3.05, 3.63) is 83.7 Å². The number of rotatable bonds is 6. The van der Waals surface area contributed by atoms with Gasteiger partial charge in [-0.3, -0.25) is 9.78 Å². The summed E-state index contributed by atoms with van der Waals surface area (Å²) in [7, 11) is 1.64. The molecule has 0 unspecified atom stereocenters. The molecule has 0 atom stereocenters. The standard InChI is InChI=1S/C21H19N5O2/c1-28-18-7-4-5-15(11-18)14-26-20-9-8-16(12-19(20)24-25-26)21(27)23-13-17-6-2-3-10-22-17/h2-12H,13-14H2,1H3,(H,23,27). The van der Waals surface area contributed by atoms with Gasteiger partial charge in [-0.15, -0.1) is 5.10 Å². The van der Waals surface area contributed by atoms with Crippen LogP contribution in [0.25, 0.3) is 11.0 Å². The fraction of sp³-hybridized carbons (Fsp3) is 0.143. The van der Waals surface area contributed by atoms with E-state index in [2.05, 4.69) is 20.6 Å². The molecule has 4 aromatic rings. The highest BCUT2D eigenvalue weighted by Crippen LogP contribution is 2.17. The second kappa shape index (κ2) is 7.87. The van der Waals surface area contributed by atoms with Crippen molar-refractivity contribution >= 4 is 16.9 Å². The third kappa shape index (κ3) is 3.83. The maximum absolute atomic E-state index is 12.4. The van der Waals surface area contributed by atoms with Gasteiger partial charge >= 0.3 is 0 Å². The van der Waals surface area contributed by atoms with E-state index in [1.807, 2.05) is 48.5 Å². The molecule has 0 saturated carbocycles. The molecule has 2 aromatic carbocycles. The summed E-state index contributed by atoms with van der Waals surface area (Å²) in [6.07, 6.45) is 1.70. The van der Waals surface area contributed by atoms with Crippen LogP contribution < -0.4 is 10.1 Å². The molecule has 0 aliphatic carbocycles. The molecule has 0 spiro atoms. The van der Waals surface area contributed by atoms with Crippen LogP contribution in [0.3, 0.4) is 0 Å². The summed E-state index contributed by atoms with van der Waals surface area (Å²) in [6, 6.07) is 18.8. The van der Waals surface area contributed by atoms with Gasteiger partial charge in [0.1, 0.15) is 11.3 Å². The van der Waals surface area contributed by atoms with Gasteiger partial charge in [0, 0.05) is 11.8 Å². The Kier molecular flexibility index (Phi) is 4.97. The summed E-state index contributed by atoms with van der Waals surface area (Å²) in [5.41, 5.74) is 3.94. The second-order valence-corrected chi connectivity index (χ2v) is 6.31. The number of pyridine rings is 1. The Labute approximate surface area is 162 Å². The molecule has 0 bridgehead atoms. The van der Waals surface area contributed by atoms with Crippen LogP contribution in [-0.4, -0.2) is 33.0 Å². The topological polar surface area (TPSA) is 81.9 Å². The quantitative estimate of drug-likeness (QED) is 0.562. The van der Waals surface area contributed by atoms with Gasteiger partial charge in [-0.1, -0.05) is 23.4 Å². The number of benzene rings is 2. The van der Waals surface area contributed by atoms with Gasteiger partial charge in [0.2, 0.25) is 0 Å². The first-order valence-electron chi connectivity index (χ1n) is 8.87. The molecule has 2 heterocycles. The molecular weight excluding hydrogens is 354 g/mol. The lowest BCUT2D eigenvalue weighted by Crippen LogP contribution is -2.23. The van der Waals surface area contributed by atoms with E-state index in [9.17, 15) is 4.79 Å². The Morgan fingerprint density at radius 2 is 2.04 bits per heavy atom. The fourth-order valence-corrected chi connectivity index (χ4v) is 2.95. The first kappa shape index (κ1) is 17.7. The minimum atomic E-state index is -0.171. The number of methoxy groups -OCH3 is 1. The van der Waals surface area contributed by atoms with Gasteiger partial charge in [-0.25, -0.2) is 4.68 Å². The molecule has 7 nitrogen and oxygen atoms in total. The number of carbonyl (C=O) groups excluding carboxylic acids is 1. The summed E-state index contributed by atoms with van der Waals surface area (Å²) in [5.74, 6) is 0.628. The number of amides is 1. The SMILES string of the molecule is COc1cccc(Cn2nnc3cc(C(=O)NCc4ccccn4)ccc32)c1. The normalized spacial score (nSPS) is 10.8. The number of hydrogen-bond donors (Lipinski definition) is 1. The number of ether oxygens (including phenoxy) is 1. The maximum atomic E-state index is 12.4. The molecule has 140 valence electrons. The maximum Gasteiger partial charge on any atom is 0.251 e. The molecule has 0 aliphatic rings. The number of fused-ring (bicyclic) bond motifs is 1. The zero-order chi connectivity index (χ0) is 19.3. The molecule has 2 aromatic heterocycles. The molecular formula is C21H19N5O2. The summed E-state index contributed by atoms with van der Waals surface area (Å²) >= 11 is 0. The fourth-order valence-electron chi connectivity index (χ4n) is 2.95. The summed E-state index contributed by atoms with van der Waals surface area (Å²) < 4.78 is 7.07. The van der Waals surface area contributed by atoms with Gasteiger partial charge in [0.05, 0.1) is 31.4 Å². The summed E-state index contributed by atoms with van der Waals surface area (Å²) in [5, 5.41) is 11.3. The number of aromatic nitrogens is 4. The van der Waals surface area contributed by atoms with Gasteiger partial charge in [0.15, 0.2) is 0 Å². The van der Waals surface area contributed by atoms with E-state index in [1.165, 1.54) is 0 Å². The predicted molar refractivity (Wildman–Crippen MR) is 105 cm³/mol. The highest BCUT2D eigenvalue weighted by molar-refractivity contribution is 5.97. The highest BCUT2D eigenvalue weighted by Gasteiger charge is 2.11. The molecule has 28 heavy (non-hydrogen) atoms. The molecule has 0 aliphatic heterocycles. The van der Waals surface area contributed by atoms with Gasteiger partial charge in [-0.2, -0.15) is 0 Å². The molecule has 1 amide bonds. The van der Waals surface area contributed by atoms with Crippen molar-refractivity contribution in [3.63, 3.8) is 0 Å². The van der Waals surface area contributed by atoms with Crippen molar-refractivity contribution < 1.29 is 9.53 Å². The van der Waals surface area contributed by atoms with E-state index in [-0.39, 0.29) is 5.91 Å². The lowest BCUT2D eigenvalue weighted by atomic mass is 10.1. The minimum absolute atomic E-state index is 0.171. The van der Waals surface area contributed by atoms with Crippen LogP contribution in [0.15, 0.2) is 66.9 Å².